The third kappa shape index (κ3) is 3.29. The first-order chi connectivity index (χ1) is 11.5. The molecule has 2 aliphatic heterocycles. The van der Waals surface area contributed by atoms with Gasteiger partial charge in [0.05, 0.1) is 5.54 Å². The number of hydrogen-bond donors (Lipinski definition) is 1. The number of nitrogens with zero attached hydrogens (tertiary/aromatic N) is 2. The van der Waals surface area contributed by atoms with E-state index in [1.54, 1.807) is 24.1 Å². The van der Waals surface area contributed by atoms with Crippen LogP contribution in [0.25, 0.3) is 0 Å². The maximum absolute atomic E-state index is 13.9. The third-order valence-electron chi connectivity index (χ3n) is 5.24. The number of nitrogens with one attached hydrogen (secondary N) is 1. The van der Waals surface area contributed by atoms with E-state index in [-0.39, 0.29) is 29.7 Å². The number of carbonyl (C=O) groups excluding carboxylic acids is 2. The van der Waals surface area contributed by atoms with Crippen LogP contribution in [0.1, 0.15) is 31.2 Å². The molecule has 0 saturated carbocycles. The van der Waals surface area contributed by atoms with Crippen molar-refractivity contribution in [2.45, 2.75) is 37.8 Å². The number of piperidine rings is 1. The van der Waals surface area contributed by atoms with Crippen LogP contribution in [0.2, 0.25) is 0 Å². The molecule has 1 unspecified atom stereocenters. The molecule has 2 fully saturated rings. The molecule has 0 aliphatic carbocycles. The molecule has 0 aromatic heterocycles. The summed E-state index contributed by atoms with van der Waals surface area (Å²) >= 11 is 0. The monoisotopic (exact) mass is 333 g/mol. The van der Waals surface area contributed by atoms with Crippen molar-refractivity contribution in [3.05, 3.63) is 35.6 Å². The van der Waals surface area contributed by atoms with Crippen LogP contribution >= 0.6 is 0 Å². The fraction of sp³-hybridized carbons (Fsp3) is 0.556. The van der Waals surface area contributed by atoms with Crippen molar-refractivity contribution >= 4 is 11.8 Å². The number of rotatable bonds is 4. The minimum atomic E-state index is -0.285. The number of hydrogen-bond acceptors (Lipinski definition) is 3. The van der Waals surface area contributed by atoms with Crippen LogP contribution in [-0.4, -0.2) is 53.8 Å². The van der Waals surface area contributed by atoms with Gasteiger partial charge in [-0.1, -0.05) is 18.2 Å². The van der Waals surface area contributed by atoms with Gasteiger partial charge < -0.3 is 10.2 Å². The van der Waals surface area contributed by atoms with E-state index < -0.39 is 0 Å². The van der Waals surface area contributed by atoms with Gasteiger partial charge >= 0.3 is 0 Å². The molecule has 6 heteroatoms. The first-order valence-corrected chi connectivity index (χ1v) is 8.51. The highest BCUT2D eigenvalue weighted by Crippen LogP contribution is 2.38. The van der Waals surface area contributed by atoms with E-state index in [4.69, 9.17) is 0 Å². The van der Waals surface area contributed by atoms with Crippen molar-refractivity contribution in [2.24, 2.45) is 0 Å². The summed E-state index contributed by atoms with van der Waals surface area (Å²) in [5.41, 5.74) is 0.393. The molecule has 0 bridgehead atoms. The number of benzene rings is 1. The van der Waals surface area contributed by atoms with Crippen LogP contribution in [0.15, 0.2) is 24.3 Å². The molecule has 0 radical (unpaired) electrons. The summed E-state index contributed by atoms with van der Waals surface area (Å²) < 4.78 is 13.9. The summed E-state index contributed by atoms with van der Waals surface area (Å²) in [5, 5.41) is 2.60. The molecular formula is C18H24FN3O2. The van der Waals surface area contributed by atoms with Crippen LogP contribution in [0.4, 0.5) is 4.39 Å². The number of halogens is 1. The third-order valence-corrected chi connectivity index (χ3v) is 5.24. The molecule has 2 heterocycles. The van der Waals surface area contributed by atoms with Gasteiger partial charge in [-0.15, -0.1) is 0 Å². The summed E-state index contributed by atoms with van der Waals surface area (Å²) in [6.45, 7) is 2.24. The SMILES string of the molecule is CNC(=O)CN1C(=O)CCC12CCCN(Cc1ccccc1F)C2. The summed E-state index contributed by atoms with van der Waals surface area (Å²) in [7, 11) is 1.58. The standard InChI is InChI=1S/C18H24FN3O2/c1-20-16(23)12-22-17(24)7-9-18(22)8-4-10-21(13-18)11-14-5-2-3-6-15(14)19/h2-3,5-6H,4,7-13H2,1H3,(H,20,23). The lowest BCUT2D eigenvalue weighted by molar-refractivity contribution is -0.138. The highest BCUT2D eigenvalue weighted by molar-refractivity contribution is 5.86. The van der Waals surface area contributed by atoms with E-state index >= 15 is 0 Å². The van der Waals surface area contributed by atoms with Crippen molar-refractivity contribution < 1.29 is 14.0 Å². The maximum Gasteiger partial charge on any atom is 0.239 e. The Morgan fingerprint density at radius 2 is 2.12 bits per heavy atom. The molecule has 1 aromatic carbocycles. The molecule has 1 atom stereocenters. The van der Waals surface area contributed by atoms with Crippen LogP contribution in [-0.2, 0) is 16.1 Å². The van der Waals surface area contributed by atoms with Crippen LogP contribution in [0, 0.1) is 5.82 Å². The van der Waals surface area contributed by atoms with E-state index in [0.29, 0.717) is 25.1 Å². The quantitative estimate of drug-likeness (QED) is 0.909. The largest absolute Gasteiger partial charge is 0.358 e. The Kier molecular flexibility index (Phi) is 4.85. The zero-order valence-corrected chi connectivity index (χ0v) is 14.1. The second kappa shape index (κ2) is 6.89. The highest BCUT2D eigenvalue weighted by Gasteiger charge is 2.47. The van der Waals surface area contributed by atoms with Gasteiger partial charge in [-0.05, 0) is 31.9 Å². The van der Waals surface area contributed by atoms with Crippen molar-refractivity contribution in [3.63, 3.8) is 0 Å². The van der Waals surface area contributed by atoms with Gasteiger partial charge in [0.2, 0.25) is 11.8 Å². The van der Waals surface area contributed by atoms with E-state index in [9.17, 15) is 14.0 Å². The summed E-state index contributed by atoms with van der Waals surface area (Å²) in [5.74, 6) is -0.288. The molecule has 130 valence electrons. The van der Waals surface area contributed by atoms with Crippen molar-refractivity contribution in [1.82, 2.24) is 15.1 Å². The zero-order valence-electron chi connectivity index (χ0n) is 14.1. The number of amides is 2. The van der Waals surface area contributed by atoms with E-state index in [1.165, 1.54) is 6.07 Å². The summed E-state index contributed by atoms with van der Waals surface area (Å²) in [6, 6.07) is 6.82. The molecule has 2 aliphatic rings. The number of carbonyl (C=O) groups is 2. The molecule has 1 aromatic rings. The highest BCUT2D eigenvalue weighted by atomic mass is 19.1. The maximum atomic E-state index is 13.9. The van der Waals surface area contributed by atoms with Gasteiger partial charge in [-0.3, -0.25) is 14.5 Å². The van der Waals surface area contributed by atoms with Crippen LogP contribution in [0.3, 0.4) is 0 Å². The predicted octanol–water partition coefficient (Wildman–Crippen LogP) is 1.53. The lowest BCUT2D eigenvalue weighted by Gasteiger charge is -2.45. The number of likely N-dealkylation sites (N-methyl/N-ethyl adjacent to an activating group) is 1. The van der Waals surface area contributed by atoms with E-state index in [1.807, 2.05) is 6.07 Å². The molecule has 3 rings (SSSR count). The zero-order chi connectivity index (χ0) is 17.2. The van der Waals surface area contributed by atoms with Gasteiger partial charge in [0.15, 0.2) is 0 Å². The van der Waals surface area contributed by atoms with Crippen molar-refractivity contribution in [1.29, 1.82) is 0 Å². The van der Waals surface area contributed by atoms with Crippen molar-refractivity contribution in [3.8, 4) is 0 Å². The Hall–Kier alpha value is -1.95. The fourth-order valence-corrected chi connectivity index (χ4v) is 3.99. The average molecular weight is 333 g/mol. The Morgan fingerprint density at radius 1 is 1.33 bits per heavy atom. The molecule has 5 nitrogen and oxygen atoms in total. The second-order valence-corrected chi connectivity index (χ2v) is 6.78. The smallest absolute Gasteiger partial charge is 0.239 e. The van der Waals surface area contributed by atoms with Gasteiger partial charge in [-0.2, -0.15) is 0 Å². The Balaban J connectivity index is 1.75. The van der Waals surface area contributed by atoms with Gasteiger partial charge in [-0.25, -0.2) is 4.39 Å². The van der Waals surface area contributed by atoms with Gasteiger partial charge in [0.1, 0.15) is 12.4 Å². The Labute approximate surface area is 141 Å². The first-order valence-electron chi connectivity index (χ1n) is 8.51. The van der Waals surface area contributed by atoms with E-state index in [2.05, 4.69) is 10.2 Å². The minimum Gasteiger partial charge on any atom is -0.358 e. The molecule has 24 heavy (non-hydrogen) atoms. The second-order valence-electron chi connectivity index (χ2n) is 6.78. The molecule has 2 amide bonds. The summed E-state index contributed by atoms with van der Waals surface area (Å²) in [4.78, 5) is 28.0. The predicted molar refractivity (Wildman–Crippen MR) is 88.7 cm³/mol. The Morgan fingerprint density at radius 3 is 2.88 bits per heavy atom. The topological polar surface area (TPSA) is 52.7 Å². The molecule has 2 saturated heterocycles. The lowest BCUT2D eigenvalue weighted by atomic mass is 9.86. The van der Waals surface area contributed by atoms with Crippen LogP contribution in [0.5, 0.6) is 0 Å². The number of likely N-dealkylation sites (tertiary alicyclic amines) is 2. The first kappa shape index (κ1) is 16.9. The fourth-order valence-electron chi connectivity index (χ4n) is 3.99. The summed E-state index contributed by atoms with van der Waals surface area (Å²) in [6.07, 6.45) is 3.12. The molecule has 1 spiro atoms. The Bertz CT molecular complexity index is 636. The minimum absolute atomic E-state index is 0.0475. The van der Waals surface area contributed by atoms with Crippen LogP contribution < -0.4 is 5.32 Å². The van der Waals surface area contributed by atoms with Crippen molar-refractivity contribution in [2.75, 3.05) is 26.7 Å². The van der Waals surface area contributed by atoms with Gasteiger partial charge in [0.25, 0.3) is 0 Å². The normalized spacial score (nSPS) is 24.6. The lowest BCUT2D eigenvalue weighted by Crippen LogP contribution is -2.58. The molecular weight excluding hydrogens is 309 g/mol. The molecule has 1 N–H and O–H groups in total. The average Bonchev–Trinajstić information content (AvgIpc) is 2.86. The van der Waals surface area contributed by atoms with E-state index in [0.717, 1.165) is 25.8 Å². The van der Waals surface area contributed by atoms with Gasteiger partial charge in [0, 0.05) is 32.1 Å².